The molecule has 1 rings (SSSR count). The van der Waals surface area contributed by atoms with Crippen LogP contribution in [0.5, 0.6) is 11.5 Å². The normalized spacial score (nSPS) is 10.6. The second-order valence-corrected chi connectivity index (χ2v) is 3.61. The molecule has 0 aromatic heterocycles. The van der Waals surface area contributed by atoms with Crippen molar-refractivity contribution in [2.75, 3.05) is 13.2 Å². The summed E-state index contributed by atoms with van der Waals surface area (Å²) in [7, 11) is 0. The molecule has 0 spiro atoms. The first kappa shape index (κ1) is 14.1. The molecule has 0 saturated heterocycles. The Balaban J connectivity index is 3.28. The number of benzene rings is 1. The van der Waals surface area contributed by atoms with Crippen molar-refractivity contribution in [2.45, 2.75) is 20.3 Å². The van der Waals surface area contributed by atoms with Gasteiger partial charge in [-0.05, 0) is 32.4 Å². The summed E-state index contributed by atoms with van der Waals surface area (Å²) in [6.45, 7) is 8.68. The van der Waals surface area contributed by atoms with Gasteiger partial charge in [-0.25, -0.2) is 0 Å². The van der Waals surface area contributed by atoms with Crippen molar-refractivity contribution in [3.8, 4) is 11.5 Å². The van der Waals surface area contributed by atoms with Crippen LogP contribution in [-0.4, -0.2) is 24.6 Å². The molecule has 0 heterocycles. The summed E-state index contributed by atoms with van der Waals surface area (Å²) in [5, 5.41) is 11.6. The summed E-state index contributed by atoms with van der Waals surface area (Å²) in [5.74, 6) is 1.39. The molecule has 4 nitrogen and oxygen atoms in total. The fraction of sp³-hybridized carbons (Fsp3) is 0.357. The lowest BCUT2D eigenvalue weighted by Gasteiger charge is -2.15. The lowest BCUT2D eigenvalue weighted by atomic mass is 10.1. The van der Waals surface area contributed by atoms with Gasteiger partial charge in [-0.2, -0.15) is 0 Å². The van der Waals surface area contributed by atoms with E-state index in [-0.39, 0.29) is 0 Å². The van der Waals surface area contributed by atoms with Gasteiger partial charge in [-0.3, -0.25) is 0 Å². The molecule has 1 aromatic rings. The molecule has 0 bridgehead atoms. The monoisotopic (exact) mass is 249 g/mol. The van der Waals surface area contributed by atoms with Crippen LogP contribution in [0.1, 0.15) is 25.0 Å². The number of nitrogens with zero attached hydrogens (tertiary/aromatic N) is 1. The van der Waals surface area contributed by atoms with Gasteiger partial charge in [0, 0.05) is 11.1 Å². The fourth-order valence-corrected chi connectivity index (χ4v) is 1.70. The van der Waals surface area contributed by atoms with E-state index < -0.39 is 0 Å². The number of hydrogen-bond donors (Lipinski definition) is 1. The van der Waals surface area contributed by atoms with Crippen molar-refractivity contribution in [1.82, 2.24) is 0 Å². The minimum absolute atomic E-state index is 0.549. The third-order valence-corrected chi connectivity index (χ3v) is 2.31. The Morgan fingerprint density at radius 2 is 2.00 bits per heavy atom. The van der Waals surface area contributed by atoms with Gasteiger partial charge in [-0.15, -0.1) is 6.58 Å². The number of oxime groups is 1. The Kier molecular flexibility index (Phi) is 5.77. The third kappa shape index (κ3) is 3.52. The second kappa shape index (κ2) is 7.37. The van der Waals surface area contributed by atoms with Crippen molar-refractivity contribution in [3.63, 3.8) is 0 Å². The first-order valence-electron chi connectivity index (χ1n) is 5.97. The highest BCUT2D eigenvalue weighted by Gasteiger charge is 2.12. The largest absolute Gasteiger partial charge is 0.490 e. The van der Waals surface area contributed by atoms with Crippen LogP contribution in [0.2, 0.25) is 0 Å². The molecule has 0 aliphatic carbocycles. The summed E-state index contributed by atoms with van der Waals surface area (Å²) in [6, 6.07) is 3.69. The van der Waals surface area contributed by atoms with Gasteiger partial charge in [-0.1, -0.05) is 11.2 Å². The van der Waals surface area contributed by atoms with E-state index in [1.54, 1.807) is 12.1 Å². The molecule has 0 radical (unpaired) electrons. The van der Waals surface area contributed by atoms with Crippen LogP contribution < -0.4 is 9.47 Å². The molecule has 1 aromatic carbocycles. The zero-order valence-corrected chi connectivity index (χ0v) is 10.8. The highest BCUT2D eigenvalue weighted by molar-refractivity contribution is 5.81. The first-order valence-corrected chi connectivity index (χ1v) is 5.97. The Labute approximate surface area is 108 Å². The minimum Gasteiger partial charge on any atom is -0.490 e. The number of hydrogen-bond acceptors (Lipinski definition) is 4. The van der Waals surface area contributed by atoms with Gasteiger partial charge in [0.05, 0.1) is 19.4 Å². The molecule has 0 saturated carbocycles. The van der Waals surface area contributed by atoms with E-state index in [1.165, 1.54) is 6.21 Å². The fourth-order valence-electron chi connectivity index (χ4n) is 1.70. The number of ether oxygens (including phenoxy) is 2. The van der Waals surface area contributed by atoms with E-state index in [1.807, 2.05) is 19.9 Å². The maximum absolute atomic E-state index is 8.61. The van der Waals surface area contributed by atoms with Crippen LogP contribution in [0.25, 0.3) is 0 Å². The van der Waals surface area contributed by atoms with Crippen LogP contribution in [0.4, 0.5) is 0 Å². The Morgan fingerprint density at radius 1 is 1.28 bits per heavy atom. The topological polar surface area (TPSA) is 51.1 Å². The maximum atomic E-state index is 8.61. The summed E-state index contributed by atoms with van der Waals surface area (Å²) in [6.07, 6.45) is 3.83. The molecule has 0 aliphatic heterocycles. The average molecular weight is 249 g/mol. The highest BCUT2D eigenvalue weighted by Crippen LogP contribution is 2.33. The standard InChI is InChI=1S/C14H19NO3/c1-4-7-12-8-11(10-15-16)9-13(17-5-2)14(12)18-6-3/h4,8-10,16H,1,5-7H2,2-3H3/b15-10-. The molecule has 18 heavy (non-hydrogen) atoms. The van der Waals surface area contributed by atoms with Crippen molar-refractivity contribution in [3.05, 3.63) is 35.9 Å². The molecule has 1 N–H and O–H groups in total. The van der Waals surface area contributed by atoms with E-state index >= 15 is 0 Å². The Hall–Kier alpha value is -1.97. The predicted molar refractivity (Wildman–Crippen MR) is 72.1 cm³/mol. The minimum atomic E-state index is 0.549. The van der Waals surface area contributed by atoms with Crippen molar-refractivity contribution in [1.29, 1.82) is 0 Å². The Morgan fingerprint density at radius 3 is 2.56 bits per heavy atom. The van der Waals surface area contributed by atoms with Gasteiger partial charge in [0.2, 0.25) is 0 Å². The molecule has 4 heteroatoms. The summed E-state index contributed by atoms with van der Waals surface area (Å²) in [4.78, 5) is 0. The van der Waals surface area contributed by atoms with E-state index in [4.69, 9.17) is 14.7 Å². The predicted octanol–water partition coefficient (Wildman–Crippen LogP) is 3.02. The van der Waals surface area contributed by atoms with Crippen LogP contribution in [0.3, 0.4) is 0 Å². The molecular formula is C14H19NO3. The average Bonchev–Trinajstić information content (AvgIpc) is 2.34. The van der Waals surface area contributed by atoms with Crippen LogP contribution in [0, 0.1) is 0 Å². The maximum Gasteiger partial charge on any atom is 0.164 e. The molecule has 0 atom stereocenters. The van der Waals surface area contributed by atoms with Crippen molar-refractivity contribution < 1.29 is 14.7 Å². The molecule has 0 aliphatic rings. The highest BCUT2D eigenvalue weighted by atomic mass is 16.5. The third-order valence-electron chi connectivity index (χ3n) is 2.31. The van der Waals surface area contributed by atoms with E-state index in [0.29, 0.717) is 25.4 Å². The van der Waals surface area contributed by atoms with E-state index in [2.05, 4.69) is 11.7 Å². The number of allylic oxidation sites excluding steroid dienone is 1. The summed E-state index contributed by atoms with van der Waals surface area (Å²) >= 11 is 0. The zero-order chi connectivity index (χ0) is 13.4. The van der Waals surface area contributed by atoms with E-state index in [0.717, 1.165) is 16.9 Å². The quantitative estimate of drug-likeness (QED) is 0.350. The second-order valence-electron chi connectivity index (χ2n) is 3.61. The first-order chi connectivity index (χ1) is 8.76. The van der Waals surface area contributed by atoms with Gasteiger partial charge >= 0.3 is 0 Å². The molecule has 0 amide bonds. The molecule has 0 unspecified atom stereocenters. The lowest BCUT2D eigenvalue weighted by molar-refractivity contribution is 0.285. The lowest BCUT2D eigenvalue weighted by Crippen LogP contribution is -2.03. The van der Waals surface area contributed by atoms with Gasteiger partial charge in [0.15, 0.2) is 11.5 Å². The van der Waals surface area contributed by atoms with Crippen molar-refractivity contribution >= 4 is 6.21 Å². The molecule has 0 fully saturated rings. The molecular weight excluding hydrogens is 230 g/mol. The summed E-state index contributed by atoms with van der Waals surface area (Å²) in [5.41, 5.74) is 1.73. The molecule has 98 valence electrons. The van der Waals surface area contributed by atoms with Crippen LogP contribution in [-0.2, 0) is 6.42 Å². The van der Waals surface area contributed by atoms with Crippen LogP contribution >= 0.6 is 0 Å². The zero-order valence-electron chi connectivity index (χ0n) is 10.8. The number of rotatable bonds is 7. The van der Waals surface area contributed by atoms with Gasteiger partial charge in [0.1, 0.15) is 0 Å². The smallest absolute Gasteiger partial charge is 0.164 e. The van der Waals surface area contributed by atoms with E-state index in [9.17, 15) is 0 Å². The van der Waals surface area contributed by atoms with Crippen LogP contribution in [0.15, 0.2) is 29.9 Å². The van der Waals surface area contributed by atoms with Gasteiger partial charge < -0.3 is 14.7 Å². The van der Waals surface area contributed by atoms with Crippen molar-refractivity contribution in [2.24, 2.45) is 5.16 Å². The summed E-state index contributed by atoms with van der Waals surface area (Å²) < 4.78 is 11.2. The van der Waals surface area contributed by atoms with Gasteiger partial charge in [0.25, 0.3) is 0 Å². The SMILES string of the molecule is C=CCc1cc(/C=N\O)cc(OCC)c1OCC. The Bertz CT molecular complexity index is 427.